The molecule has 0 radical (unpaired) electrons. The van der Waals surface area contributed by atoms with Crippen molar-refractivity contribution in [1.82, 2.24) is 9.97 Å². The lowest BCUT2D eigenvalue weighted by Gasteiger charge is -2.19. The standard InChI is InChI=1S/C23H26N2O2/c1-5-27-22(26)18-13-17(18)14-6-7-19-15(10-14)11-21(25-19)20-12-16(8-9-24-20)23(2,3)4/h6-12,17-18,25H,5,13H2,1-4H3. The second-order valence-electron chi connectivity index (χ2n) is 8.41. The highest BCUT2D eigenvalue weighted by molar-refractivity contribution is 5.86. The van der Waals surface area contributed by atoms with E-state index in [-0.39, 0.29) is 23.2 Å². The maximum atomic E-state index is 11.9. The first kappa shape index (κ1) is 17.8. The van der Waals surface area contributed by atoms with Gasteiger partial charge in [-0.1, -0.05) is 26.8 Å². The minimum absolute atomic E-state index is 0.0194. The number of hydrogen-bond acceptors (Lipinski definition) is 3. The molecular weight excluding hydrogens is 336 g/mol. The lowest BCUT2D eigenvalue weighted by atomic mass is 9.87. The summed E-state index contributed by atoms with van der Waals surface area (Å²) in [4.78, 5) is 19.9. The summed E-state index contributed by atoms with van der Waals surface area (Å²) in [6.45, 7) is 8.92. The van der Waals surface area contributed by atoms with E-state index in [2.05, 4.69) is 67.1 Å². The summed E-state index contributed by atoms with van der Waals surface area (Å²) in [5.41, 5.74) is 5.63. The second-order valence-corrected chi connectivity index (χ2v) is 8.41. The number of carbonyl (C=O) groups excluding carboxylic acids is 1. The molecule has 1 aliphatic carbocycles. The number of rotatable bonds is 4. The maximum Gasteiger partial charge on any atom is 0.309 e. The minimum atomic E-state index is -0.0689. The average molecular weight is 362 g/mol. The first-order chi connectivity index (χ1) is 12.9. The summed E-state index contributed by atoms with van der Waals surface area (Å²) < 4.78 is 5.15. The van der Waals surface area contributed by atoms with Gasteiger partial charge in [-0.05, 0) is 66.1 Å². The molecule has 0 bridgehead atoms. The van der Waals surface area contributed by atoms with Crippen molar-refractivity contribution < 1.29 is 9.53 Å². The van der Waals surface area contributed by atoms with E-state index in [4.69, 9.17) is 4.74 Å². The monoisotopic (exact) mass is 362 g/mol. The molecule has 3 aromatic rings. The van der Waals surface area contributed by atoms with Crippen LogP contribution in [0.3, 0.4) is 0 Å². The maximum absolute atomic E-state index is 11.9. The molecule has 0 amide bonds. The molecule has 1 aromatic carbocycles. The van der Waals surface area contributed by atoms with Crippen LogP contribution in [-0.2, 0) is 14.9 Å². The fraction of sp³-hybridized carbons (Fsp3) is 0.391. The molecule has 4 nitrogen and oxygen atoms in total. The largest absolute Gasteiger partial charge is 0.466 e. The SMILES string of the molecule is CCOC(=O)C1CC1c1ccc2[nH]c(-c3cc(C(C)(C)C)ccn3)cc2c1. The number of nitrogens with one attached hydrogen (secondary N) is 1. The third-order valence-corrected chi connectivity index (χ3v) is 5.35. The molecular formula is C23H26N2O2. The topological polar surface area (TPSA) is 55.0 Å². The number of fused-ring (bicyclic) bond motifs is 1. The number of aromatic nitrogens is 2. The van der Waals surface area contributed by atoms with Gasteiger partial charge in [-0.3, -0.25) is 9.78 Å². The number of benzene rings is 1. The van der Waals surface area contributed by atoms with Crippen LogP contribution in [0.15, 0.2) is 42.6 Å². The number of H-pyrrole nitrogens is 1. The third-order valence-electron chi connectivity index (χ3n) is 5.35. The lowest BCUT2D eigenvalue weighted by molar-refractivity contribution is -0.144. The molecule has 0 aliphatic heterocycles. The van der Waals surface area contributed by atoms with Crippen LogP contribution in [0.25, 0.3) is 22.3 Å². The molecule has 27 heavy (non-hydrogen) atoms. The van der Waals surface area contributed by atoms with Gasteiger partial charge in [-0.25, -0.2) is 0 Å². The molecule has 2 unspecified atom stereocenters. The summed E-state index contributed by atoms with van der Waals surface area (Å²) in [6, 6.07) is 12.8. The Hall–Kier alpha value is -2.62. The van der Waals surface area contributed by atoms with Crippen molar-refractivity contribution in [3.63, 3.8) is 0 Å². The van der Waals surface area contributed by atoms with Crippen molar-refractivity contribution in [3.05, 3.63) is 53.7 Å². The van der Waals surface area contributed by atoms with E-state index >= 15 is 0 Å². The molecule has 140 valence electrons. The van der Waals surface area contributed by atoms with Crippen LogP contribution in [0, 0.1) is 5.92 Å². The summed E-state index contributed by atoms with van der Waals surface area (Å²) in [5, 5.41) is 1.15. The van der Waals surface area contributed by atoms with Gasteiger partial charge in [0.15, 0.2) is 0 Å². The smallest absolute Gasteiger partial charge is 0.309 e. The molecule has 2 heterocycles. The van der Waals surface area contributed by atoms with E-state index in [1.807, 2.05) is 13.1 Å². The van der Waals surface area contributed by atoms with E-state index in [1.54, 1.807) is 0 Å². The Labute approximate surface area is 160 Å². The summed E-state index contributed by atoms with van der Waals surface area (Å²) in [7, 11) is 0. The number of ether oxygens (including phenoxy) is 1. The quantitative estimate of drug-likeness (QED) is 0.650. The van der Waals surface area contributed by atoms with Crippen LogP contribution in [0.2, 0.25) is 0 Å². The zero-order chi connectivity index (χ0) is 19.2. The van der Waals surface area contributed by atoms with Crippen LogP contribution in [0.4, 0.5) is 0 Å². The Morgan fingerprint density at radius 2 is 2.04 bits per heavy atom. The van der Waals surface area contributed by atoms with E-state index in [0.29, 0.717) is 6.61 Å². The molecule has 1 aliphatic rings. The summed E-state index contributed by atoms with van der Waals surface area (Å²) >= 11 is 0. The zero-order valence-electron chi connectivity index (χ0n) is 16.4. The van der Waals surface area contributed by atoms with Crippen LogP contribution >= 0.6 is 0 Å². The van der Waals surface area contributed by atoms with Crippen LogP contribution < -0.4 is 0 Å². The third kappa shape index (κ3) is 3.48. The number of esters is 1. The molecule has 0 spiro atoms. The van der Waals surface area contributed by atoms with Crippen molar-refractivity contribution in [2.45, 2.75) is 45.4 Å². The van der Waals surface area contributed by atoms with E-state index < -0.39 is 0 Å². The minimum Gasteiger partial charge on any atom is -0.466 e. The van der Waals surface area contributed by atoms with Gasteiger partial charge in [-0.15, -0.1) is 0 Å². The van der Waals surface area contributed by atoms with E-state index in [9.17, 15) is 4.79 Å². The molecule has 2 atom stereocenters. The van der Waals surface area contributed by atoms with Crippen LogP contribution in [0.5, 0.6) is 0 Å². The highest BCUT2D eigenvalue weighted by atomic mass is 16.5. The van der Waals surface area contributed by atoms with Gasteiger partial charge in [0.05, 0.1) is 23.9 Å². The Bertz CT molecular complexity index is 997. The highest BCUT2D eigenvalue weighted by Gasteiger charge is 2.45. The Morgan fingerprint density at radius 1 is 1.22 bits per heavy atom. The first-order valence-corrected chi connectivity index (χ1v) is 9.63. The Kier molecular flexibility index (Phi) is 4.29. The molecule has 4 rings (SSSR count). The molecule has 0 saturated heterocycles. The number of hydrogen-bond donors (Lipinski definition) is 1. The number of carbonyl (C=O) groups is 1. The van der Waals surface area contributed by atoms with Crippen LogP contribution in [0.1, 0.15) is 51.2 Å². The second kappa shape index (κ2) is 6.52. The highest BCUT2D eigenvalue weighted by Crippen LogP contribution is 2.48. The lowest BCUT2D eigenvalue weighted by Crippen LogP contribution is -2.11. The Balaban J connectivity index is 1.62. The van der Waals surface area contributed by atoms with E-state index in [1.165, 1.54) is 11.1 Å². The number of aromatic amines is 1. The average Bonchev–Trinajstić information content (AvgIpc) is 3.33. The molecule has 1 N–H and O–H groups in total. The van der Waals surface area contributed by atoms with Crippen molar-refractivity contribution in [3.8, 4) is 11.4 Å². The summed E-state index contributed by atoms with van der Waals surface area (Å²) in [6.07, 6.45) is 2.76. The fourth-order valence-corrected chi connectivity index (χ4v) is 3.64. The van der Waals surface area contributed by atoms with Crippen molar-refractivity contribution in [2.75, 3.05) is 6.61 Å². The predicted octanol–water partition coefficient (Wildman–Crippen LogP) is 5.19. The van der Waals surface area contributed by atoms with Crippen molar-refractivity contribution >= 4 is 16.9 Å². The molecule has 2 aromatic heterocycles. The van der Waals surface area contributed by atoms with E-state index in [0.717, 1.165) is 28.7 Å². The first-order valence-electron chi connectivity index (χ1n) is 9.63. The molecule has 4 heteroatoms. The molecule has 1 fully saturated rings. The van der Waals surface area contributed by atoms with Gasteiger partial charge >= 0.3 is 5.97 Å². The van der Waals surface area contributed by atoms with Gasteiger partial charge in [0.25, 0.3) is 0 Å². The molecule has 1 saturated carbocycles. The van der Waals surface area contributed by atoms with Crippen molar-refractivity contribution in [1.29, 1.82) is 0 Å². The van der Waals surface area contributed by atoms with Crippen LogP contribution in [-0.4, -0.2) is 22.5 Å². The summed E-state index contributed by atoms with van der Waals surface area (Å²) in [5.74, 6) is 0.237. The Morgan fingerprint density at radius 3 is 2.78 bits per heavy atom. The van der Waals surface area contributed by atoms with Gasteiger partial charge in [0.2, 0.25) is 0 Å². The van der Waals surface area contributed by atoms with Gasteiger partial charge in [-0.2, -0.15) is 0 Å². The number of pyridine rings is 1. The normalized spacial score (nSPS) is 19.3. The van der Waals surface area contributed by atoms with Gasteiger partial charge in [0, 0.05) is 17.1 Å². The van der Waals surface area contributed by atoms with Gasteiger partial charge < -0.3 is 9.72 Å². The number of nitrogens with zero attached hydrogens (tertiary/aromatic N) is 1. The predicted molar refractivity (Wildman–Crippen MR) is 108 cm³/mol. The van der Waals surface area contributed by atoms with Crippen molar-refractivity contribution in [2.24, 2.45) is 5.92 Å². The van der Waals surface area contributed by atoms with Gasteiger partial charge in [0.1, 0.15) is 0 Å². The zero-order valence-corrected chi connectivity index (χ0v) is 16.4. The fourth-order valence-electron chi connectivity index (χ4n) is 3.64.